The first-order chi connectivity index (χ1) is 14.9. The first kappa shape index (κ1) is 20.0. The summed E-state index contributed by atoms with van der Waals surface area (Å²) in [6.07, 6.45) is 5.39. The first-order valence-corrected chi connectivity index (χ1v) is 12.8. The zero-order valence-electron chi connectivity index (χ0n) is 16.9. The largest absolute Gasteiger partial charge is 0.338 e. The number of nitrogens with zero attached hydrogens (tertiary/aromatic N) is 1. The van der Waals surface area contributed by atoms with Crippen LogP contribution in [-0.4, -0.2) is 30.5 Å². The minimum atomic E-state index is -3.30. The fourth-order valence-electron chi connectivity index (χ4n) is 4.00. The van der Waals surface area contributed by atoms with Crippen molar-refractivity contribution in [1.29, 1.82) is 0 Å². The first-order valence-electron chi connectivity index (χ1n) is 10.1. The fourth-order valence-corrected chi connectivity index (χ4v) is 5.92. The summed E-state index contributed by atoms with van der Waals surface area (Å²) in [5.74, 6) is 0.499. The Hall–Kier alpha value is -2.97. The third kappa shape index (κ3) is 3.77. The number of para-hydroxylation sites is 2. The summed E-state index contributed by atoms with van der Waals surface area (Å²) in [5, 5.41) is 3.84. The van der Waals surface area contributed by atoms with Gasteiger partial charge in [-0.3, -0.25) is 4.79 Å². The number of hydrogen-bond acceptors (Lipinski definition) is 5. The van der Waals surface area contributed by atoms with Crippen LogP contribution in [0.15, 0.2) is 53.4 Å². The molecule has 1 amide bonds. The Bertz CT molecular complexity index is 1370. The number of sulfone groups is 1. The number of imidazole rings is 1. The Balaban J connectivity index is 1.53. The van der Waals surface area contributed by atoms with E-state index in [2.05, 4.69) is 10.3 Å². The highest BCUT2D eigenvalue weighted by molar-refractivity contribution is 7.90. The second-order valence-electron chi connectivity index (χ2n) is 7.77. The molecule has 1 aliphatic carbocycles. The molecule has 8 heteroatoms. The molecule has 0 saturated heterocycles. The van der Waals surface area contributed by atoms with E-state index < -0.39 is 9.84 Å². The molecule has 2 N–H and O–H groups in total. The Kier molecular flexibility index (Phi) is 4.91. The Morgan fingerprint density at radius 3 is 2.55 bits per heavy atom. The quantitative estimate of drug-likeness (QED) is 0.465. The highest BCUT2D eigenvalue weighted by atomic mass is 32.2. The van der Waals surface area contributed by atoms with Gasteiger partial charge in [0.15, 0.2) is 9.84 Å². The molecule has 0 spiro atoms. The van der Waals surface area contributed by atoms with Crippen LogP contribution in [0.2, 0.25) is 0 Å². The molecular formula is C23H21N3O3S2. The Morgan fingerprint density at radius 1 is 1.06 bits per heavy atom. The van der Waals surface area contributed by atoms with Crippen LogP contribution in [0.3, 0.4) is 0 Å². The number of anilines is 1. The van der Waals surface area contributed by atoms with E-state index in [1.165, 1.54) is 22.6 Å². The number of fused-ring (bicyclic) bond motifs is 2. The number of thiophene rings is 1. The van der Waals surface area contributed by atoms with Gasteiger partial charge in [-0.1, -0.05) is 12.1 Å². The average Bonchev–Trinajstić information content (AvgIpc) is 3.33. The topological polar surface area (TPSA) is 91.9 Å². The van der Waals surface area contributed by atoms with Crippen LogP contribution in [0, 0.1) is 0 Å². The van der Waals surface area contributed by atoms with Crippen LogP contribution in [-0.2, 0) is 22.7 Å². The van der Waals surface area contributed by atoms with Gasteiger partial charge in [-0.2, -0.15) is 0 Å². The number of benzene rings is 2. The second kappa shape index (κ2) is 7.62. The van der Waals surface area contributed by atoms with Gasteiger partial charge in [-0.05, 0) is 67.6 Å². The molecule has 0 atom stereocenters. The predicted octanol–water partition coefficient (Wildman–Crippen LogP) is 4.83. The normalized spacial score (nSPS) is 13.8. The van der Waals surface area contributed by atoms with Crippen LogP contribution in [0.1, 0.15) is 33.6 Å². The Labute approximate surface area is 184 Å². The monoisotopic (exact) mass is 451 g/mol. The molecule has 2 aromatic heterocycles. The molecule has 0 bridgehead atoms. The lowest BCUT2D eigenvalue weighted by Gasteiger charge is -2.12. The van der Waals surface area contributed by atoms with Crippen LogP contribution < -0.4 is 5.32 Å². The summed E-state index contributed by atoms with van der Waals surface area (Å²) in [6.45, 7) is 0. The molecule has 1 aliphatic rings. The molecule has 0 saturated carbocycles. The number of aryl methyl sites for hydroxylation is 1. The van der Waals surface area contributed by atoms with Gasteiger partial charge < -0.3 is 10.3 Å². The van der Waals surface area contributed by atoms with Crippen LogP contribution in [0.4, 0.5) is 5.00 Å². The highest BCUT2D eigenvalue weighted by Crippen LogP contribution is 2.43. The summed E-state index contributed by atoms with van der Waals surface area (Å²) in [5.41, 5.74) is 4.49. The van der Waals surface area contributed by atoms with Crippen LogP contribution in [0.5, 0.6) is 0 Å². The van der Waals surface area contributed by atoms with Crippen molar-refractivity contribution < 1.29 is 13.2 Å². The molecule has 0 aliphatic heterocycles. The summed E-state index contributed by atoms with van der Waals surface area (Å²) in [6, 6.07) is 13.9. The lowest BCUT2D eigenvalue weighted by atomic mass is 9.95. The molecular weight excluding hydrogens is 430 g/mol. The van der Waals surface area contributed by atoms with Crippen molar-refractivity contribution in [2.75, 3.05) is 11.6 Å². The van der Waals surface area contributed by atoms with Crippen molar-refractivity contribution >= 4 is 43.1 Å². The molecule has 2 heterocycles. The van der Waals surface area contributed by atoms with Gasteiger partial charge in [0.2, 0.25) is 0 Å². The predicted molar refractivity (Wildman–Crippen MR) is 124 cm³/mol. The maximum absolute atomic E-state index is 13.0. The molecule has 5 rings (SSSR count). The maximum atomic E-state index is 13.0. The van der Waals surface area contributed by atoms with Crippen LogP contribution in [0.25, 0.3) is 22.4 Å². The summed E-state index contributed by atoms with van der Waals surface area (Å²) in [4.78, 5) is 22.6. The molecule has 0 radical (unpaired) electrons. The smallest absolute Gasteiger partial charge is 0.256 e. The summed E-state index contributed by atoms with van der Waals surface area (Å²) >= 11 is 1.61. The second-order valence-corrected chi connectivity index (χ2v) is 10.9. The number of carbonyl (C=O) groups is 1. The van der Waals surface area contributed by atoms with Crippen molar-refractivity contribution in [3.63, 3.8) is 0 Å². The number of hydrogen-bond donors (Lipinski definition) is 2. The van der Waals surface area contributed by atoms with Gasteiger partial charge >= 0.3 is 0 Å². The molecule has 4 aromatic rings. The van der Waals surface area contributed by atoms with E-state index in [-0.39, 0.29) is 10.8 Å². The van der Waals surface area contributed by atoms with Crippen molar-refractivity contribution in [3.05, 3.63) is 64.5 Å². The molecule has 2 aromatic carbocycles. The van der Waals surface area contributed by atoms with Gasteiger partial charge in [-0.15, -0.1) is 11.3 Å². The molecule has 0 unspecified atom stereocenters. The molecule has 31 heavy (non-hydrogen) atoms. The van der Waals surface area contributed by atoms with E-state index in [9.17, 15) is 13.2 Å². The minimum Gasteiger partial charge on any atom is -0.338 e. The van der Waals surface area contributed by atoms with Gasteiger partial charge in [0.05, 0.1) is 21.5 Å². The third-order valence-corrected chi connectivity index (χ3v) is 7.90. The van der Waals surface area contributed by atoms with Crippen molar-refractivity contribution in [2.45, 2.75) is 30.6 Å². The molecule has 6 nitrogen and oxygen atoms in total. The van der Waals surface area contributed by atoms with E-state index >= 15 is 0 Å². The zero-order chi connectivity index (χ0) is 21.6. The van der Waals surface area contributed by atoms with Crippen molar-refractivity contribution in [2.24, 2.45) is 0 Å². The number of nitrogens with one attached hydrogen (secondary N) is 2. The lowest BCUT2D eigenvalue weighted by Crippen LogP contribution is -2.12. The third-order valence-electron chi connectivity index (χ3n) is 5.57. The van der Waals surface area contributed by atoms with E-state index in [0.717, 1.165) is 59.4 Å². The number of amides is 1. The summed E-state index contributed by atoms with van der Waals surface area (Å²) in [7, 11) is -3.30. The average molecular weight is 452 g/mol. The SMILES string of the molecule is CS(=O)(=O)c1ccc(C(=O)Nc2sc3c(c2-c2nc4ccccc4[nH]2)CCCC3)cc1. The van der Waals surface area contributed by atoms with E-state index in [4.69, 9.17) is 4.98 Å². The van der Waals surface area contributed by atoms with Gasteiger partial charge in [0.25, 0.3) is 5.91 Å². The standard InChI is InChI=1S/C23H21N3O3S2/c1-31(28,29)15-12-10-14(11-13-15)22(27)26-23-20(16-6-2-5-9-19(16)30-23)21-24-17-7-3-4-8-18(17)25-21/h3-4,7-8,10-13H,2,5-6,9H2,1H3,(H,24,25)(H,26,27). The number of aromatic nitrogens is 2. The molecule has 158 valence electrons. The number of aromatic amines is 1. The number of rotatable bonds is 4. The van der Waals surface area contributed by atoms with Gasteiger partial charge in [0.1, 0.15) is 10.8 Å². The van der Waals surface area contributed by atoms with Gasteiger partial charge in [-0.25, -0.2) is 13.4 Å². The maximum Gasteiger partial charge on any atom is 0.256 e. The highest BCUT2D eigenvalue weighted by Gasteiger charge is 2.25. The number of H-pyrrole nitrogens is 1. The molecule has 0 fully saturated rings. The zero-order valence-corrected chi connectivity index (χ0v) is 18.6. The Morgan fingerprint density at radius 2 is 1.81 bits per heavy atom. The lowest BCUT2D eigenvalue weighted by molar-refractivity contribution is 0.102. The summed E-state index contributed by atoms with van der Waals surface area (Å²) < 4.78 is 23.4. The van der Waals surface area contributed by atoms with E-state index in [0.29, 0.717) is 5.56 Å². The van der Waals surface area contributed by atoms with E-state index in [1.54, 1.807) is 23.5 Å². The minimum absolute atomic E-state index is 0.193. The van der Waals surface area contributed by atoms with Crippen LogP contribution >= 0.6 is 11.3 Å². The van der Waals surface area contributed by atoms with E-state index in [1.807, 2.05) is 24.3 Å². The van der Waals surface area contributed by atoms with Gasteiger partial charge in [0, 0.05) is 16.7 Å². The van der Waals surface area contributed by atoms with Crippen molar-refractivity contribution in [3.8, 4) is 11.4 Å². The number of carbonyl (C=O) groups excluding carboxylic acids is 1. The van der Waals surface area contributed by atoms with Crippen molar-refractivity contribution in [1.82, 2.24) is 9.97 Å². The fraction of sp³-hybridized carbons (Fsp3) is 0.217.